The van der Waals surface area contributed by atoms with Crippen molar-refractivity contribution in [3.63, 3.8) is 0 Å². The van der Waals surface area contributed by atoms with Gasteiger partial charge in [0, 0.05) is 12.3 Å². The zero-order chi connectivity index (χ0) is 15.5. The average Bonchev–Trinajstić information content (AvgIpc) is 2.52. The Balaban J connectivity index is 2.19. The van der Waals surface area contributed by atoms with Crippen LogP contribution in [0.4, 0.5) is 0 Å². The maximum atomic E-state index is 9.71. The fourth-order valence-corrected chi connectivity index (χ4v) is 4.75. The van der Waals surface area contributed by atoms with Crippen molar-refractivity contribution >= 4 is 0 Å². The van der Waals surface area contributed by atoms with Crippen LogP contribution in [0.25, 0.3) is 0 Å². The van der Waals surface area contributed by atoms with Crippen molar-refractivity contribution in [2.75, 3.05) is 0 Å². The van der Waals surface area contributed by atoms with Gasteiger partial charge < -0.3 is 0 Å². The van der Waals surface area contributed by atoms with E-state index in [0.717, 1.165) is 18.4 Å². The van der Waals surface area contributed by atoms with Crippen LogP contribution < -0.4 is 0 Å². The molecule has 0 N–H and O–H groups in total. The predicted octanol–water partition coefficient (Wildman–Crippen LogP) is 3.07. The third-order valence-corrected chi connectivity index (χ3v) is 6.37. The van der Waals surface area contributed by atoms with Gasteiger partial charge in [0.25, 0.3) is 0 Å². The van der Waals surface area contributed by atoms with E-state index >= 15 is 0 Å². The molecule has 3 saturated carbocycles. The van der Waals surface area contributed by atoms with E-state index in [1.165, 1.54) is 0 Å². The molecule has 0 aliphatic heterocycles. The maximum absolute atomic E-state index is 9.71. The van der Waals surface area contributed by atoms with E-state index in [9.17, 15) is 21.0 Å². The first-order valence-electron chi connectivity index (χ1n) is 7.27. The molecule has 0 aromatic carbocycles. The molecule has 4 aliphatic carbocycles. The minimum atomic E-state index is -1.54. The molecular weight excluding hydrogens is 260 g/mol. The summed E-state index contributed by atoms with van der Waals surface area (Å²) in [6.45, 7) is 4.47. The van der Waals surface area contributed by atoms with Crippen molar-refractivity contribution in [2.24, 2.45) is 34.0 Å². The van der Waals surface area contributed by atoms with Crippen molar-refractivity contribution in [1.29, 1.82) is 21.0 Å². The van der Waals surface area contributed by atoms with Crippen LogP contribution in [0.3, 0.4) is 0 Å². The van der Waals surface area contributed by atoms with Crippen LogP contribution in [0.5, 0.6) is 0 Å². The van der Waals surface area contributed by atoms with Crippen LogP contribution >= 0.6 is 0 Å². The van der Waals surface area contributed by atoms with Crippen LogP contribution in [0.2, 0.25) is 0 Å². The Morgan fingerprint density at radius 2 is 1.52 bits per heavy atom. The lowest BCUT2D eigenvalue weighted by molar-refractivity contribution is -0.0709. The summed E-state index contributed by atoms with van der Waals surface area (Å²) in [5.41, 5.74) is -1.73. The molecule has 21 heavy (non-hydrogen) atoms. The first-order chi connectivity index (χ1) is 9.92. The third kappa shape index (κ3) is 1.27. The van der Waals surface area contributed by atoms with Crippen molar-refractivity contribution in [1.82, 2.24) is 0 Å². The Morgan fingerprint density at radius 1 is 0.952 bits per heavy atom. The molecule has 4 heteroatoms. The number of allylic oxidation sites excluding steroid dienone is 2. The monoisotopic (exact) mass is 276 g/mol. The summed E-state index contributed by atoms with van der Waals surface area (Å²) in [6.07, 6.45) is 4.01. The van der Waals surface area contributed by atoms with E-state index in [1.54, 1.807) is 0 Å². The van der Waals surface area contributed by atoms with E-state index in [4.69, 9.17) is 0 Å². The van der Waals surface area contributed by atoms with Crippen molar-refractivity contribution in [3.05, 3.63) is 11.6 Å². The number of nitrogens with zero attached hydrogens (tertiary/aromatic N) is 4. The van der Waals surface area contributed by atoms with E-state index in [1.807, 2.05) is 18.2 Å². The van der Waals surface area contributed by atoms with Gasteiger partial charge in [-0.1, -0.05) is 25.5 Å². The van der Waals surface area contributed by atoms with Gasteiger partial charge in [-0.15, -0.1) is 0 Å². The second-order valence-corrected chi connectivity index (χ2v) is 7.16. The molecule has 0 aromatic rings. The first-order valence-corrected chi connectivity index (χ1v) is 7.27. The molecule has 4 aliphatic rings. The number of nitriles is 4. The van der Waals surface area contributed by atoms with Crippen molar-refractivity contribution in [2.45, 2.75) is 33.1 Å². The quantitative estimate of drug-likeness (QED) is 0.635. The summed E-state index contributed by atoms with van der Waals surface area (Å²) in [7, 11) is 0. The molecule has 0 aromatic heterocycles. The van der Waals surface area contributed by atoms with Crippen molar-refractivity contribution in [3.8, 4) is 24.3 Å². The van der Waals surface area contributed by atoms with Crippen molar-refractivity contribution < 1.29 is 0 Å². The summed E-state index contributed by atoms with van der Waals surface area (Å²) in [5.74, 6) is 0.592. The molecule has 2 bridgehead atoms. The minimum Gasteiger partial charge on any atom is -0.196 e. The van der Waals surface area contributed by atoms with Gasteiger partial charge in [-0.25, -0.2) is 0 Å². The van der Waals surface area contributed by atoms with Gasteiger partial charge in [-0.2, -0.15) is 21.0 Å². The Kier molecular flexibility index (Phi) is 2.52. The standard InChI is InChI=1S/C17H16N4/c1-15(2)11-5-13(15)12-3-4-16(7-18,8-19)17(9-20,10-21)14(12)6-11/h3,11,13-14H,4-6H2,1-2H3/t11-,13+,14+/m0/s1. The highest BCUT2D eigenvalue weighted by Gasteiger charge is 2.67. The number of hydrogen-bond acceptors (Lipinski definition) is 4. The summed E-state index contributed by atoms with van der Waals surface area (Å²) < 4.78 is 0. The molecule has 0 saturated heterocycles. The third-order valence-electron chi connectivity index (χ3n) is 6.37. The van der Waals surface area contributed by atoms with E-state index in [-0.39, 0.29) is 17.8 Å². The van der Waals surface area contributed by atoms with Crippen LogP contribution in [-0.4, -0.2) is 0 Å². The highest BCUT2D eigenvalue weighted by molar-refractivity contribution is 5.45. The van der Waals surface area contributed by atoms with E-state index in [0.29, 0.717) is 11.8 Å². The van der Waals surface area contributed by atoms with Gasteiger partial charge in [0.05, 0.1) is 24.3 Å². The second-order valence-electron chi connectivity index (χ2n) is 7.16. The average molecular weight is 276 g/mol. The lowest BCUT2D eigenvalue weighted by atomic mass is 9.39. The molecule has 0 radical (unpaired) electrons. The minimum absolute atomic E-state index is 0.185. The van der Waals surface area contributed by atoms with E-state index < -0.39 is 10.8 Å². The fourth-order valence-electron chi connectivity index (χ4n) is 4.75. The first kappa shape index (κ1) is 13.7. The van der Waals surface area contributed by atoms with Crippen LogP contribution in [0, 0.1) is 79.3 Å². The van der Waals surface area contributed by atoms with Gasteiger partial charge in [-0.05, 0) is 30.1 Å². The molecule has 3 fully saturated rings. The smallest absolute Gasteiger partial charge is 0.182 e. The normalized spacial score (nSPS) is 36.3. The molecule has 4 rings (SSSR count). The maximum Gasteiger partial charge on any atom is 0.182 e. The van der Waals surface area contributed by atoms with Gasteiger partial charge >= 0.3 is 0 Å². The summed E-state index contributed by atoms with van der Waals surface area (Å²) >= 11 is 0. The zero-order valence-electron chi connectivity index (χ0n) is 12.2. The topological polar surface area (TPSA) is 95.2 Å². The molecule has 104 valence electrons. The highest BCUT2D eigenvalue weighted by Crippen LogP contribution is 2.69. The predicted molar refractivity (Wildman–Crippen MR) is 73.5 cm³/mol. The Bertz CT molecular complexity index is 673. The Morgan fingerprint density at radius 3 is 2.00 bits per heavy atom. The Hall–Kier alpha value is -2.30. The molecule has 0 amide bonds. The highest BCUT2D eigenvalue weighted by atomic mass is 14.7. The summed E-state index contributed by atoms with van der Waals surface area (Å²) in [4.78, 5) is 0. The summed E-state index contributed by atoms with van der Waals surface area (Å²) in [6, 6.07) is 8.15. The van der Waals surface area contributed by atoms with Crippen LogP contribution in [0.15, 0.2) is 11.6 Å². The lowest BCUT2D eigenvalue weighted by Gasteiger charge is -2.63. The molecule has 3 atom stereocenters. The molecule has 4 nitrogen and oxygen atoms in total. The van der Waals surface area contributed by atoms with Gasteiger partial charge in [0.1, 0.15) is 0 Å². The van der Waals surface area contributed by atoms with Gasteiger partial charge in [0.15, 0.2) is 10.8 Å². The van der Waals surface area contributed by atoms with Gasteiger partial charge in [0.2, 0.25) is 0 Å². The number of hydrogen-bond donors (Lipinski definition) is 0. The van der Waals surface area contributed by atoms with Crippen LogP contribution in [0.1, 0.15) is 33.1 Å². The van der Waals surface area contributed by atoms with Crippen LogP contribution in [-0.2, 0) is 0 Å². The van der Waals surface area contributed by atoms with E-state index in [2.05, 4.69) is 26.0 Å². The SMILES string of the molecule is CC1(C)[C@H]2C[C@@H]1C1=CCC(C#N)(C#N)C(C#N)(C#N)[C@@H]1C2. The molecule has 0 unspecified atom stereocenters. The molecule has 0 spiro atoms. The molecule has 0 heterocycles. The zero-order valence-corrected chi connectivity index (χ0v) is 12.2. The number of rotatable bonds is 0. The Labute approximate surface area is 124 Å². The largest absolute Gasteiger partial charge is 0.196 e. The summed E-state index contributed by atoms with van der Waals surface area (Å²) in [5, 5.41) is 38.4. The fraction of sp³-hybridized carbons (Fsp3) is 0.647. The lowest BCUT2D eigenvalue weighted by Crippen LogP contribution is -2.59. The molecular formula is C17H16N4. The second kappa shape index (κ2) is 3.87. The van der Waals surface area contributed by atoms with Gasteiger partial charge in [-0.3, -0.25) is 0 Å².